The highest BCUT2D eigenvalue weighted by atomic mass is 19.1. The topological polar surface area (TPSA) is 66.6 Å². The molecule has 1 aliphatic carbocycles. The molecule has 0 aromatic heterocycles. The zero-order chi connectivity index (χ0) is 13.3. The number of nitrogens with two attached hydrogens (primary N) is 1. The summed E-state index contributed by atoms with van der Waals surface area (Å²) in [7, 11) is 1.85. The SMILES string of the molecule is CN(CC1CCC1)c1cc(F)c(C(=O)O)cc1N. The van der Waals surface area contributed by atoms with Crippen molar-refractivity contribution >= 4 is 17.3 Å². The molecule has 3 N–H and O–H groups in total. The largest absolute Gasteiger partial charge is 0.478 e. The van der Waals surface area contributed by atoms with Crippen molar-refractivity contribution in [3.63, 3.8) is 0 Å². The third-order valence-electron chi connectivity index (χ3n) is 3.51. The molecule has 98 valence electrons. The Balaban J connectivity index is 2.21. The zero-order valence-electron chi connectivity index (χ0n) is 10.3. The average molecular weight is 252 g/mol. The molecule has 0 atom stereocenters. The van der Waals surface area contributed by atoms with E-state index in [-0.39, 0.29) is 5.56 Å². The lowest BCUT2D eigenvalue weighted by Crippen LogP contribution is -2.30. The molecule has 0 unspecified atom stereocenters. The molecule has 0 saturated heterocycles. The summed E-state index contributed by atoms with van der Waals surface area (Å²) in [5.41, 5.74) is 6.27. The fourth-order valence-corrected chi connectivity index (χ4v) is 2.23. The van der Waals surface area contributed by atoms with Crippen molar-refractivity contribution < 1.29 is 14.3 Å². The Morgan fingerprint density at radius 2 is 2.22 bits per heavy atom. The number of carboxylic acid groups (broad SMARTS) is 1. The first-order chi connectivity index (χ1) is 8.49. The summed E-state index contributed by atoms with van der Waals surface area (Å²) in [6.07, 6.45) is 3.64. The standard InChI is InChI=1S/C13H17FN2O2/c1-16(7-8-3-2-4-8)12-6-10(14)9(13(17)18)5-11(12)15/h5-6,8H,2-4,7,15H2,1H3,(H,17,18). The molecular formula is C13H17FN2O2. The van der Waals surface area contributed by atoms with E-state index in [1.807, 2.05) is 11.9 Å². The van der Waals surface area contributed by atoms with Crippen molar-refractivity contribution in [1.82, 2.24) is 0 Å². The van der Waals surface area contributed by atoms with Gasteiger partial charge in [-0.25, -0.2) is 9.18 Å². The predicted molar refractivity (Wildman–Crippen MR) is 68.4 cm³/mol. The second-order valence-electron chi connectivity index (χ2n) is 4.87. The van der Waals surface area contributed by atoms with Gasteiger partial charge in [-0.2, -0.15) is 0 Å². The van der Waals surface area contributed by atoms with E-state index in [1.54, 1.807) is 0 Å². The molecule has 0 spiro atoms. The summed E-state index contributed by atoms with van der Waals surface area (Å²) < 4.78 is 13.6. The number of carboxylic acids is 1. The number of hydrogen-bond donors (Lipinski definition) is 2. The van der Waals surface area contributed by atoms with Crippen LogP contribution >= 0.6 is 0 Å². The summed E-state index contributed by atoms with van der Waals surface area (Å²) in [5, 5.41) is 8.80. The van der Waals surface area contributed by atoms with E-state index in [0.717, 1.165) is 6.54 Å². The number of nitrogen functional groups attached to an aromatic ring is 1. The van der Waals surface area contributed by atoms with Crippen LogP contribution in [0.25, 0.3) is 0 Å². The average Bonchev–Trinajstić information content (AvgIpc) is 2.25. The minimum atomic E-state index is -1.30. The second kappa shape index (κ2) is 4.84. The van der Waals surface area contributed by atoms with Crippen molar-refractivity contribution in [3.05, 3.63) is 23.5 Å². The highest BCUT2D eigenvalue weighted by Gasteiger charge is 2.21. The first-order valence-corrected chi connectivity index (χ1v) is 6.02. The summed E-state index contributed by atoms with van der Waals surface area (Å²) in [6.45, 7) is 0.829. The lowest BCUT2D eigenvalue weighted by molar-refractivity contribution is 0.0692. The van der Waals surface area contributed by atoms with Crippen LogP contribution in [-0.4, -0.2) is 24.7 Å². The van der Waals surface area contributed by atoms with Gasteiger partial charge in [0.15, 0.2) is 0 Å². The van der Waals surface area contributed by atoms with Crippen molar-refractivity contribution in [2.45, 2.75) is 19.3 Å². The normalized spacial score (nSPS) is 15.2. The molecule has 18 heavy (non-hydrogen) atoms. The molecule has 0 radical (unpaired) electrons. The van der Waals surface area contributed by atoms with Crippen LogP contribution in [-0.2, 0) is 0 Å². The van der Waals surface area contributed by atoms with Gasteiger partial charge >= 0.3 is 5.97 Å². The van der Waals surface area contributed by atoms with E-state index in [1.165, 1.54) is 31.4 Å². The van der Waals surface area contributed by atoms with Crippen LogP contribution in [0, 0.1) is 11.7 Å². The van der Waals surface area contributed by atoms with E-state index in [2.05, 4.69) is 0 Å². The number of anilines is 2. The van der Waals surface area contributed by atoms with Gasteiger partial charge in [0.25, 0.3) is 0 Å². The van der Waals surface area contributed by atoms with Crippen LogP contribution in [0.15, 0.2) is 12.1 Å². The molecular weight excluding hydrogens is 235 g/mol. The van der Waals surface area contributed by atoms with E-state index in [0.29, 0.717) is 17.3 Å². The van der Waals surface area contributed by atoms with E-state index in [9.17, 15) is 9.18 Å². The van der Waals surface area contributed by atoms with Gasteiger partial charge in [-0.3, -0.25) is 0 Å². The van der Waals surface area contributed by atoms with Crippen LogP contribution in [0.1, 0.15) is 29.6 Å². The maximum Gasteiger partial charge on any atom is 0.338 e. The number of benzene rings is 1. The molecule has 1 saturated carbocycles. The Labute approximate surface area is 105 Å². The number of aromatic carboxylic acids is 1. The predicted octanol–water partition coefficient (Wildman–Crippen LogP) is 2.34. The molecule has 4 nitrogen and oxygen atoms in total. The molecule has 5 heteroatoms. The summed E-state index contributed by atoms with van der Waals surface area (Å²) in [4.78, 5) is 12.7. The van der Waals surface area contributed by atoms with Gasteiger partial charge in [0.2, 0.25) is 0 Å². The number of carbonyl (C=O) groups is 1. The maximum absolute atomic E-state index is 13.6. The fourth-order valence-electron chi connectivity index (χ4n) is 2.23. The van der Waals surface area contributed by atoms with Gasteiger partial charge in [0.05, 0.1) is 16.9 Å². The summed E-state index contributed by atoms with van der Waals surface area (Å²) >= 11 is 0. The van der Waals surface area contributed by atoms with E-state index < -0.39 is 11.8 Å². The molecule has 0 amide bonds. The minimum absolute atomic E-state index is 0.302. The van der Waals surface area contributed by atoms with Gasteiger partial charge < -0.3 is 15.7 Å². The fraction of sp³-hybridized carbons (Fsp3) is 0.462. The molecule has 1 aromatic rings. The Hall–Kier alpha value is -1.78. The third kappa shape index (κ3) is 2.39. The van der Waals surface area contributed by atoms with Crippen LogP contribution in [0.3, 0.4) is 0 Å². The second-order valence-corrected chi connectivity index (χ2v) is 4.87. The zero-order valence-corrected chi connectivity index (χ0v) is 10.3. The van der Waals surface area contributed by atoms with Crippen molar-refractivity contribution in [2.24, 2.45) is 5.92 Å². The molecule has 2 rings (SSSR count). The van der Waals surface area contributed by atoms with E-state index in [4.69, 9.17) is 10.8 Å². The van der Waals surface area contributed by atoms with Gasteiger partial charge in [-0.1, -0.05) is 6.42 Å². The number of hydrogen-bond acceptors (Lipinski definition) is 3. The highest BCUT2D eigenvalue weighted by Crippen LogP contribution is 2.31. The van der Waals surface area contributed by atoms with Gasteiger partial charge in [-0.15, -0.1) is 0 Å². The molecule has 1 fully saturated rings. The Morgan fingerprint density at radius 3 is 2.72 bits per heavy atom. The highest BCUT2D eigenvalue weighted by molar-refractivity contribution is 5.90. The van der Waals surface area contributed by atoms with Gasteiger partial charge in [-0.05, 0) is 24.8 Å². The molecule has 1 aromatic carbocycles. The number of nitrogens with zero attached hydrogens (tertiary/aromatic N) is 1. The van der Waals surface area contributed by atoms with Crippen molar-refractivity contribution in [3.8, 4) is 0 Å². The van der Waals surface area contributed by atoms with Crippen molar-refractivity contribution in [2.75, 3.05) is 24.2 Å². The lowest BCUT2D eigenvalue weighted by atomic mass is 9.85. The summed E-state index contributed by atoms with van der Waals surface area (Å²) in [6, 6.07) is 2.39. The minimum Gasteiger partial charge on any atom is -0.478 e. The lowest BCUT2D eigenvalue weighted by Gasteiger charge is -2.32. The van der Waals surface area contributed by atoms with Gasteiger partial charge in [0, 0.05) is 19.7 Å². The molecule has 1 aliphatic rings. The van der Waals surface area contributed by atoms with Crippen LogP contribution in [0.5, 0.6) is 0 Å². The maximum atomic E-state index is 13.6. The number of halogens is 1. The first-order valence-electron chi connectivity index (χ1n) is 6.02. The van der Waals surface area contributed by atoms with Crippen LogP contribution < -0.4 is 10.6 Å². The van der Waals surface area contributed by atoms with Crippen LogP contribution in [0.2, 0.25) is 0 Å². The van der Waals surface area contributed by atoms with E-state index >= 15 is 0 Å². The van der Waals surface area contributed by atoms with Crippen molar-refractivity contribution in [1.29, 1.82) is 0 Å². The summed E-state index contributed by atoms with van der Waals surface area (Å²) in [5.74, 6) is -1.41. The number of rotatable bonds is 4. The third-order valence-corrected chi connectivity index (χ3v) is 3.51. The Bertz CT molecular complexity index is 472. The smallest absolute Gasteiger partial charge is 0.338 e. The van der Waals surface area contributed by atoms with Crippen LogP contribution in [0.4, 0.5) is 15.8 Å². The molecule has 0 bridgehead atoms. The molecule has 0 aliphatic heterocycles. The first kappa shape index (κ1) is 12.7. The molecule has 0 heterocycles. The monoisotopic (exact) mass is 252 g/mol. The quantitative estimate of drug-likeness (QED) is 0.807. The Morgan fingerprint density at radius 1 is 1.56 bits per heavy atom. The van der Waals surface area contributed by atoms with Gasteiger partial charge in [0.1, 0.15) is 5.82 Å². The Kier molecular flexibility index (Phi) is 3.41.